The van der Waals surface area contributed by atoms with Gasteiger partial charge in [-0.2, -0.15) is 0 Å². The number of amides is 1. The maximum atomic E-state index is 12.1. The van der Waals surface area contributed by atoms with E-state index in [4.69, 9.17) is 5.73 Å². The summed E-state index contributed by atoms with van der Waals surface area (Å²) >= 11 is 6.51. The third-order valence-electron chi connectivity index (χ3n) is 2.48. The van der Waals surface area contributed by atoms with Crippen LogP contribution in [0.25, 0.3) is 0 Å². The Morgan fingerprint density at radius 3 is 2.95 bits per heavy atom. The lowest BCUT2D eigenvalue weighted by molar-refractivity contribution is 0.0958. The molecule has 0 aliphatic carbocycles. The van der Waals surface area contributed by atoms with Crippen LogP contribution >= 0.6 is 38.6 Å². The minimum Gasteiger partial charge on any atom is -0.351 e. The van der Waals surface area contributed by atoms with E-state index in [-0.39, 0.29) is 5.91 Å². The van der Waals surface area contributed by atoms with E-state index >= 15 is 0 Å². The van der Waals surface area contributed by atoms with Gasteiger partial charge in [0, 0.05) is 17.0 Å². The Balaban J connectivity index is 1.90. The Morgan fingerprint density at radius 2 is 2.25 bits per heavy atom. The zero-order valence-electron chi connectivity index (χ0n) is 10.6. The zero-order chi connectivity index (χ0) is 14.4. The topological polar surface area (TPSA) is 55.1 Å². The van der Waals surface area contributed by atoms with Gasteiger partial charge in [-0.25, -0.2) is 0 Å². The molecule has 0 aromatic carbocycles. The van der Waals surface area contributed by atoms with Crippen molar-refractivity contribution in [1.29, 1.82) is 0 Å². The number of nitrogens with one attached hydrogen (secondary N) is 1. The van der Waals surface area contributed by atoms with E-state index in [1.54, 1.807) is 11.3 Å². The van der Waals surface area contributed by atoms with Crippen molar-refractivity contribution in [2.24, 2.45) is 5.73 Å². The molecule has 2 aromatic rings. The molecular formula is C14H13BrN2OS2. The summed E-state index contributed by atoms with van der Waals surface area (Å²) in [6.07, 6.45) is 0.831. The summed E-state index contributed by atoms with van der Waals surface area (Å²) in [5.41, 5.74) is 6.09. The van der Waals surface area contributed by atoms with Crippen LogP contribution in [0.1, 0.15) is 20.1 Å². The van der Waals surface area contributed by atoms with Crippen LogP contribution in [0.15, 0.2) is 27.4 Å². The standard InChI is InChI=1S/C14H13BrN2OS2/c15-12-4-3-11(20-12)5-8-17-14(18)13-10(2-1-7-16)6-9-19-13/h3-4,6,9H,5,7-8,16H2,(H,17,18). The predicted molar refractivity (Wildman–Crippen MR) is 88.3 cm³/mol. The molecule has 0 fully saturated rings. The van der Waals surface area contributed by atoms with Gasteiger partial charge in [0.05, 0.1) is 10.3 Å². The van der Waals surface area contributed by atoms with Crippen LogP contribution in [0.4, 0.5) is 0 Å². The Hall–Kier alpha value is -1.13. The molecule has 20 heavy (non-hydrogen) atoms. The summed E-state index contributed by atoms with van der Waals surface area (Å²) in [5.74, 6) is 5.61. The van der Waals surface area contributed by atoms with Crippen molar-refractivity contribution in [3.8, 4) is 11.8 Å². The SMILES string of the molecule is NCC#Cc1ccsc1C(=O)NCCc1ccc(Br)s1. The first-order valence-electron chi connectivity index (χ1n) is 5.99. The van der Waals surface area contributed by atoms with Crippen molar-refractivity contribution in [3.05, 3.63) is 42.7 Å². The first kappa shape index (κ1) is 15.3. The number of halogens is 1. The quantitative estimate of drug-likeness (QED) is 0.815. The van der Waals surface area contributed by atoms with Gasteiger partial charge in [0.2, 0.25) is 0 Å². The van der Waals surface area contributed by atoms with E-state index in [1.807, 2.05) is 17.5 Å². The molecule has 0 bridgehead atoms. The molecule has 0 unspecified atom stereocenters. The molecule has 0 aliphatic heterocycles. The number of carbonyl (C=O) groups is 1. The fourth-order valence-corrected chi connectivity index (χ4v) is 3.84. The van der Waals surface area contributed by atoms with Gasteiger partial charge < -0.3 is 11.1 Å². The third-order valence-corrected chi connectivity index (χ3v) is 5.08. The molecule has 6 heteroatoms. The molecule has 2 heterocycles. The number of thiophene rings is 2. The molecule has 3 nitrogen and oxygen atoms in total. The van der Waals surface area contributed by atoms with Gasteiger partial charge in [0.15, 0.2) is 0 Å². The van der Waals surface area contributed by atoms with Crippen molar-refractivity contribution in [1.82, 2.24) is 5.32 Å². The van der Waals surface area contributed by atoms with Crippen molar-refractivity contribution < 1.29 is 4.79 Å². The molecule has 0 spiro atoms. The molecule has 0 atom stereocenters. The third kappa shape index (κ3) is 4.18. The van der Waals surface area contributed by atoms with Gasteiger partial charge in [-0.15, -0.1) is 22.7 Å². The summed E-state index contributed by atoms with van der Waals surface area (Å²) in [6, 6.07) is 5.92. The highest BCUT2D eigenvalue weighted by Gasteiger charge is 2.11. The smallest absolute Gasteiger partial charge is 0.262 e. The molecule has 3 N–H and O–H groups in total. The number of rotatable bonds is 4. The van der Waals surface area contributed by atoms with Gasteiger partial charge in [-0.1, -0.05) is 11.8 Å². The second-order valence-corrected chi connectivity index (χ2v) is 7.34. The fraction of sp³-hybridized carbons (Fsp3) is 0.214. The van der Waals surface area contributed by atoms with E-state index in [2.05, 4.69) is 39.2 Å². The van der Waals surface area contributed by atoms with Gasteiger partial charge >= 0.3 is 0 Å². The highest BCUT2D eigenvalue weighted by Crippen LogP contribution is 2.22. The maximum Gasteiger partial charge on any atom is 0.262 e. The van der Waals surface area contributed by atoms with E-state index in [9.17, 15) is 4.79 Å². The summed E-state index contributed by atoms with van der Waals surface area (Å²) in [7, 11) is 0. The van der Waals surface area contributed by atoms with Crippen LogP contribution in [0.3, 0.4) is 0 Å². The molecule has 0 radical (unpaired) electrons. The molecule has 0 saturated heterocycles. The highest BCUT2D eigenvalue weighted by molar-refractivity contribution is 9.11. The first-order chi connectivity index (χ1) is 9.70. The van der Waals surface area contributed by atoms with Gasteiger partial charge in [0.1, 0.15) is 4.88 Å². The largest absolute Gasteiger partial charge is 0.351 e. The number of hydrogen-bond acceptors (Lipinski definition) is 4. The molecular weight excluding hydrogens is 356 g/mol. The van der Waals surface area contributed by atoms with E-state index in [1.165, 1.54) is 16.2 Å². The maximum absolute atomic E-state index is 12.1. The van der Waals surface area contributed by atoms with Gasteiger partial charge in [-0.05, 0) is 45.9 Å². The normalized spacial score (nSPS) is 9.90. The minimum absolute atomic E-state index is 0.0723. The summed E-state index contributed by atoms with van der Waals surface area (Å²) in [6.45, 7) is 0.914. The van der Waals surface area contributed by atoms with Crippen LogP contribution < -0.4 is 11.1 Å². The Morgan fingerprint density at radius 1 is 1.40 bits per heavy atom. The molecule has 0 aliphatic rings. The van der Waals surface area contributed by atoms with Crippen LogP contribution in [0.2, 0.25) is 0 Å². The second-order valence-electron chi connectivity index (χ2n) is 3.88. The summed E-state index contributed by atoms with van der Waals surface area (Å²) in [4.78, 5) is 14.0. The highest BCUT2D eigenvalue weighted by atomic mass is 79.9. The van der Waals surface area contributed by atoms with E-state index < -0.39 is 0 Å². The fourth-order valence-electron chi connectivity index (χ4n) is 1.60. The lowest BCUT2D eigenvalue weighted by atomic mass is 10.2. The summed E-state index contributed by atoms with van der Waals surface area (Å²) < 4.78 is 1.11. The number of carbonyl (C=O) groups excluding carboxylic acids is 1. The Bertz CT molecular complexity index is 651. The lowest BCUT2D eigenvalue weighted by Gasteiger charge is -2.02. The number of nitrogens with two attached hydrogens (primary N) is 1. The Labute approximate surface area is 134 Å². The monoisotopic (exact) mass is 368 g/mol. The average molecular weight is 369 g/mol. The van der Waals surface area contributed by atoms with Crippen LogP contribution in [-0.4, -0.2) is 19.0 Å². The molecule has 0 saturated carbocycles. The average Bonchev–Trinajstić information content (AvgIpc) is 3.05. The van der Waals surface area contributed by atoms with Crippen LogP contribution in [0.5, 0.6) is 0 Å². The van der Waals surface area contributed by atoms with Crippen LogP contribution in [0, 0.1) is 11.8 Å². The van der Waals surface area contributed by atoms with Crippen LogP contribution in [-0.2, 0) is 6.42 Å². The van der Waals surface area contributed by atoms with Crippen molar-refractivity contribution in [3.63, 3.8) is 0 Å². The minimum atomic E-state index is -0.0723. The van der Waals surface area contributed by atoms with E-state index in [0.29, 0.717) is 18.0 Å². The van der Waals surface area contributed by atoms with Gasteiger partial charge in [-0.3, -0.25) is 4.79 Å². The molecule has 2 aromatic heterocycles. The molecule has 2 rings (SSSR count). The molecule has 104 valence electrons. The predicted octanol–water partition coefficient (Wildman–Crippen LogP) is 2.85. The van der Waals surface area contributed by atoms with E-state index in [0.717, 1.165) is 15.8 Å². The van der Waals surface area contributed by atoms with Crippen molar-refractivity contribution in [2.75, 3.05) is 13.1 Å². The zero-order valence-corrected chi connectivity index (χ0v) is 13.8. The Kier molecular flexibility index (Phi) is 5.80. The lowest BCUT2D eigenvalue weighted by Crippen LogP contribution is -2.25. The van der Waals surface area contributed by atoms with Crippen molar-refractivity contribution in [2.45, 2.75) is 6.42 Å². The van der Waals surface area contributed by atoms with Gasteiger partial charge in [0.25, 0.3) is 5.91 Å². The summed E-state index contributed by atoms with van der Waals surface area (Å²) in [5, 5.41) is 4.79. The second kappa shape index (κ2) is 7.60. The first-order valence-corrected chi connectivity index (χ1v) is 8.48. The number of hydrogen-bond donors (Lipinski definition) is 2. The van der Waals surface area contributed by atoms with Crippen molar-refractivity contribution >= 4 is 44.5 Å². The molecule has 1 amide bonds.